The molecule has 1 rings (SSSR count). The number of rotatable bonds is 2. The lowest BCUT2D eigenvalue weighted by atomic mass is 10.1. The van der Waals surface area contributed by atoms with E-state index in [-0.39, 0.29) is 17.9 Å². The lowest BCUT2D eigenvalue weighted by Gasteiger charge is -2.34. The summed E-state index contributed by atoms with van der Waals surface area (Å²) >= 11 is 5.64. The minimum atomic E-state index is -0.0813. The second-order valence-corrected chi connectivity index (χ2v) is 3.82. The van der Waals surface area contributed by atoms with Gasteiger partial charge < -0.3 is 9.64 Å². The molecule has 0 aromatic heterocycles. The zero-order chi connectivity index (χ0) is 9.84. The molecule has 1 aliphatic heterocycles. The van der Waals surface area contributed by atoms with Crippen molar-refractivity contribution in [3.63, 3.8) is 0 Å². The minimum Gasteiger partial charge on any atom is -0.377 e. The zero-order valence-corrected chi connectivity index (χ0v) is 8.88. The number of ether oxygens (including phenoxy) is 1. The average Bonchev–Trinajstić information content (AvgIpc) is 2.16. The van der Waals surface area contributed by atoms with E-state index in [2.05, 4.69) is 0 Å². The Bertz CT molecular complexity index is 186. The molecule has 0 aliphatic carbocycles. The van der Waals surface area contributed by atoms with Crippen LogP contribution in [0.5, 0.6) is 0 Å². The highest BCUT2D eigenvalue weighted by molar-refractivity contribution is 6.19. The number of hydrogen-bond acceptors (Lipinski definition) is 2. The number of nitrogens with zero attached hydrogens (tertiary/aromatic N) is 1. The molecule has 0 N–H and O–H groups in total. The van der Waals surface area contributed by atoms with E-state index in [1.54, 1.807) is 0 Å². The first-order valence-corrected chi connectivity index (χ1v) is 5.14. The van der Waals surface area contributed by atoms with Crippen molar-refractivity contribution in [1.29, 1.82) is 0 Å². The largest absolute Gasteiger partial charge is 0.377 e. The zero-order valence-electron chi connectivity index (χ0n) is 8.12. The maximum absolute atomic E-state index is 11.7. The maximum atomic E-state index is 11.7. The van der Waals surface area contributed by atoms with Crippen molar-refractivity contribution in [1.82, 2.24) is 4.90 Å². The highest BCUT2D eigenvalue weighted by Crippen LogP contribution is 2.11. The van der Waals surface area contributed by atoms with Gasteiger partial charge in [-0.25, -0.2) is 0 Å². The van der Waals surface area contributed by atoms with Crippen molar-refractivity contribution in [2.75, 3.05) is 25.6 Å². The van der Waals surface area contributed by atoms with Crippen LogP contribution in [-0.4, -0.2) is 42.5 Å². The maximum Gasteiger partial charge on any atom is 0.227 e. The number of hydrogen-bond donors (Lipinski definition) is 0. The molecule has 13 heavy (non-hydrogen) atoms. The van der Waals surface area contributed by atoms with Crippen molar-refractivity contribution >= 4 is 17.5 Å². The Balaban J connectivity index is 2.53. The third kappa shape index (κ3) is 2.58. The van der Waals surface area contributed by atoms with Crippen LogP contribution in [0, 0.1) is 5.92 Å². The van der Waals surface area contributed by atoms with Gasteiger partial charge in [-0.15, -0.1) is 11.6 Å². The van der Waals surface area contributed by atoms with E-state index in [0.29, 0.717) is 25.6 Å². The van der Waals surface area contributed by atoms with Crippen LogP contribution in [0.2, 0.25) is 0 Å². The fourth-order valence-electron chi connectivity index (χ4n) is 1.40. The van der Waals surface area contributed by atoms with Crippen LogP contribution < -0.4 is 0 Å². The number of carbonyl (C=O) groups is 1. The van der Waals surface area contributed by atoms with Gasteiger partial charge in [-0.1, -0.05) is 6.92 Å². The van der Waals surface area contributed by atoms with Gasteiger partial charge in [-0.05, 0) is 6.92 Å². The third-order valence-corrected chi connectivity index (χ3v) is 2.77. The number of halogens is 1. The van der Waals surface area contributed by atoms with E-state index in [1.807, 2.05) is 18.7 Å². The van der Waals surface area contributed by atoms with Crippen LogP contribution in [0.4, 0.5) is 0 Å². The second-order valence-electron chi connectivity index (χ2n) is 3.51. The summed E-state index contributed by atoms with van der Waals surface area (Å²) in [6, 6.07) is 0.187. The molecule has 1 fully saturated rings. The standard InChI is InChI=1S/C9H16ClNO2/c1-7(5-10)9(12)11-3-4-13-6-8(11)2/h7-8H,3-6H2,1-2H3/t7?,8-/m1/s1. The summed E-state index contributed by atoms with van der Waals surface area (Å²) in [6.45, 7) is 5.84. The SMILES string of the molecule is CC(CCl)C(=O)N1CCOC[C@H]1C. The van der Waals surface area contributed by atoms with Crippen molar-refractivity contribution in [2.24, 2.45) is 5.92 Å². The summed E-state index contributed by atoms with van der Waals surface area (Å²) in [4.78, 5) is 13.6. The van der Waals surface area contributed by atoms with Crippen LogP contribution >= 0.6 is 11.6 Å². The van der Waals surface area contributed by atoms with Gasteiger partial charge in [0.05, 0.1) is 19.3 Å². The summed E-state index contributed by atoms with van der Waals surface area (Å²) < 4.78 is 5.25. The fraction of sp³-hybridized carbons (Fsp3) is 0.889. The monoisotopic (exact) mass is 205 g/mol. The molecule has 2 atom stereocenters. The number of morpholine rings is 1. The molecule has 3 nitrogen and oxygen atoms in total. The topological polar surface area (TPSA) is 29.5 Å². The molecule has 76 valence electrons. The Morgan fingerprint density at radius 2 is 2.46 bits per heavy atom. The van der Waals surface area contributed by atoms with E-state index in [0.717, 1.165) is 0 Å². The van der Waals surface area contributed by atoms with Crippen LogP contribution in [0.1, 0.15) is 13.8 Å². The summed E-state index contributed by atoms with van der Waals surface area (Å²) in [5.41, 5.74) is 0. The summed E-state index contributed by atoms with van der Waals surface area (Å²) in [7, 11) is 0. The minimum absolute atomic E-state index is 0.0813. The van der Waals surface area contributed by atoms with Gasteiger partial charge in [0, 0.05) is 18.3 Å². The molecule has 0 aromatic carbocycles. The highest BCUT2D eigenvalue weighted by atomic mass is 35.5. The van der Waals surface area contributed by atoms with E-state index in [4.69, 9.17) is 16.3 Å². The first-order chi connectivity index (χ1) is 6.16. The summed E-state index contributed by atoms with van der Waals surface area (Å²) in [5.74, 6) is 0.455. The molecule has 0 radical (unpaired) electrons. The van der Waals surface area contributed by atoms with Gasteiger partial charge >= 0.3 is 0 Å². The Kier molecular flexibility index (Phi) is 4.00. The van der Waals surface area contributed by atoms with Gasteiger partial charge in [0.1, 0.15) is 0 Å². The molecule has 1 aliphatic rings. The lowest BCUT2D eigenvalue weighted by molar-refractivity contribution is -0.142. The van der Waals surface area contributed by atoms with E-state index in [1.165, 1.54) is 0 Å². The van der Waals surface area contributed by atoms with Crippen LogP contribution in [0.15, 0.2) is 0 Å². The molecule has 1 saturated heterocycles. The molecule has 1 heterocycles. The predicted octanol–water partition coefficient (Wildman–Crippen LogP) is 1.11. The molecular weight excluding hydrogens is 190 g/mol. The van der Waals surface area contributed by atoms with Crippen LogP contribution in [0.25, 0.3) is 0 Å². The smallest absolute Gasteiger partial charge is 0.227 e. The number of alkyl halides is 1. The lowest BCUT2D eigenvalue weighted by Crippen LogP contribution is -2.49. The third-order valence-electron chi connectivity index (χ3n) is 2.30. The Morgan fingerprint density at radius 3 is 3.00 bits per heavy atom. The summed E-state index contributed by atoms with van der Waals surface area (Å²) in [6.07, 6.45) is 0. The molecule has 4 heteroatoms. The van der Waals surface area contributed by atoms with E-state index < -0.39 is 0 Å². The molecular formula is C9H16ClNO2. The average molecular weight is 206 g/mol. The van der Waals surface area contributed by atoms with Gasteiger partial charge in [-0.2, -0.15) is 0 Å². The van der Waals surface area contributed by atoms with Gasteiger partial charge in [-0.3, -0.25) is 4.79 Å². The van der Waals surface area contributed by atoms with Crippen molar-refractivity contribution in [3.8, 4) is 0 Å². The highest BCUT2D eigenvalue weighted by Gasteiger charge is 2.26. The number of carbonyl (C=O) groups excluding carboxylic acids is 1. The van der Waals surface area contributed by atoms with Crippen LogP contribution in [0.3, 0.4) is 0 Å². The van der Waals surface area contributed by atoms with Crippen molar-refractivity contribution in [3.05, 3.63) is 0 Å². The fourth-order valence-corrected chi connectivity index (χ4v) is 1.54. The Morgan fingerprint density at radius 1 is 1.77 bits per heavy atom. The van der Waals surface area contributed by atoms with E-state index >= 15 is 0 Å². The normalized spacial score (nSPS) is 25.8. The molecule has 1 unspecified atom stereocenters. The molecule has 0 aromatic rings. The van der Waals surface area contributed by atoms with Crippen molar-refractivity contribution in [2.45, 2.75) is 19.9 Å². The van der Waals surface area contributed by atoms with Crippen LogP contribution in [-0.2, 0) is 9.53 Å². The Labute approximate surface area is 84.0 Å². The van der Waals surface area contributed by atoms with E-state index in [9.17, 15) is 4.79 Å². The molecule has 1 amide bonds. The van der Waals surface area contributed by atoms with Gasteiger partial charge in [0.15, 0.2) is 0 Å². The summed E-state index contributed by atoms with van der Waals surface area (Å²) in [5, 5.41) is 0. The Hall–Kier alpha value is -0.280. The first-order valence-electron chi connectivity index (χ1n) is 4.61. The van der Waals surface area contributed by atoms with Gasteiger partial charge in [0.2, 0.25) is 5.91 Å². The molecule has 0 saturated carbocycles. The molecule has 0 bridgehead atoms. The predicted molar refractivity (Wildman–Crippen MR) is 51.9 cm³/mol. The quantitative estimate of drug-likeness (QED) is 0.633. The second kappa shape index (κ2) is 4.82. The van der Waals surface area contributed by atoms with Crippen molar-refractivity contribution < 1.29 is 9.53 Å². The number of amides is 1. The first kappa shape index (κ1) is 10.8. The van der Waals surface area contributed by atoms with Gasteiger partial charge in [0.25, 0.3) is 0 Å². The molecule has 0 spiro atoms.